The van der Waals surface area contributed by atoms with Crippen LogP contribution < -0.4 is 4.74 Å². The predicted octanol–water partition coefficient (Wildman–Crippen LogP) is 5.15. The Labute approximate surface area is 129 Å². The highest BCUT2D eigenvalue weighted by Gasteiger charge is 2.08. The molecule has 0 aliphatic rings. The number of hydrogen-bond acceptors (Lipinski definition) is 2. The molecule has 0 aromatic heterocycles. The van der Waals surface area contributed by atoms with Crippen molar-refractivity contribution in [2.75, 3.05) is 0 Å². The van der Waals surface area contributed by atoms with Crippen LogP contribution in [0.15, 0.2) is 40.9 Å². The molecule has 0 aliphatic heterocycles. The molecule has 19 heavy (non-hydrogen) atoms. The summed E-state index contributed by atoms with van der Waals surface area (Å²) in [7, 11) is 0. The third kappa shape index (κ3) is 3.50. The minimum Gasteiger partial charge on any atom is -0.488 e. The zero-order chi connectivity index (χ0) is 13.8. The molecule has 0 saturated carbocycles. The molecule has 0 N–H and O–H groups in total. The molecule has 2 rings (SSSR count). The molecule has 98 valence electrons. The second-order valence-electron chi connectivity index (χ2n) is 3.80. The molecule has 0 atom stereocenters. The van der Waals surface area contributed by atoms with Crippen molar-refractivity contribution in [1.29, 1.82) is 0 Å². The van der Waals surface area contributed by atoms with Crippen LogP contribution in [0.25, 0.3) is 0 Å². The van der Waals surface area contributed by atoms with Gasteiger partial charge in [-0.05, 0) is 46.3 Å². The van der Waals surface area contributed by atoms with Crippen molar-refractivity contribution in [2.45, 2.75) is 6.61 Å². The predicted molar refractivity (Wildman–Crippen MR) is 80.3 cm³/mol. The first kappa shape index (κ1) is 14.4. The second-order valence-corrected chi connectivity index (χ2v) is 5.47. The average Bonchev–Trinajstić information content (AvgIpc) is 2.39. The summed E-state index contributed by atoms with van der Waals surface area (Å²) in [6.45, 7) is 0.261. The van der Waals surface area contributed by atoms with Crippen LogP contribution in [-0.4, -0.2) is 6.29 Å². The van der Waals surface area contributed by atoms with E-state index in [1.807, 2.05) is 0 Å². The highest BCUT2D eigenvalue weighted by atomic mass is 79.9. The monoisotopic (exact) mass is 358 g/mol. The van der Waals surface area contributed by atoms with E-state index in [0.29, 0.717) is 25.8 Å². The number of ether oxygens (including phenoxy) is 1. The molecule has 0 spiro atoms. The number of hydrogen-bond donors (Lipinski definition) is 0. The smallest absolute Gasteiger partial charge is 0.150 e. The van der Waals surface area contributed by atoms with Gasteiger partial charge < -0.3 is 4.74 Å². The fraction of sp³-hybridized carbons (Fsp3) is 0.0714. The van der Waals surface area contributed by atoms with Gasteiger partial charge >= 0.3 is 0 Å². The molecular weight excluding hydrogens is 351 g/mol. The van der Waals surface area contributed by atoms with Crippen molar-refractivity contribution < 1.29 is 9.53 Å². The Morgan fingerprint density at radius 1 is 1.16 bits per heavy atom. The lowest BCUT2D eigenvalue weighted by molar-refractivity contribution is 0.112. The van der Waals surface area contributed by atoms with Crippen molar-refractivity contribution >= 4 is 45.4 Å². The summed E-state index contributed by atoms with van der Waals surface area (Å²) >= 11 is 15.5. The Morgan fingerprint density at radius 2 is 1.84 bits per heavy atom. The molecule has 5 heteroatoms. The van der Waals surface area contributed by atoms with Gasteiger partial charge in [-0.1, -0.05) is 29.3 Å². The van der Waals surface area contributed by atoms with E-state index in [0.717, 1.165) is 11.8 Å². The number of halogens is 3. The minimum absolute atomic E-state index is 0.261. The largest absolute Gasteiger partial charge is 0.488 e. The van der Waals surface area contributed by atoms with Gasteiger partial charge in [-0.25, -0.2) is 0 Å². The van der Waals surface area contributed by atoms with Gasteiger partial charge in [0.15, 0.2) is 0 Å². The van der Waals surface area contributed by atoms with E-state index in [-0.39, 0.29) is 6.61 Å². The molecule has 0 aliphatic carbocycles. The van der Waals surface area contributed by atoms with Gasteiger partial charge in [-0.15, -0.1) is 0 Å². The second kappa shape index (κ2) is 6.42. The van der Waals surface area contributed by atoms with Crippen LogP contribution in [-0.2, 0) is 6.61 Å². The van der Waals surface area contributed by atoms with E-state index in [1.54, 1.807) is 36.4 Å². The van der Waals surface area contributed by atoms with Crippen LogP contribution in [0, 0.1) is 0 Å². The summed E-state index contributed by atoms with van der Waals surface area (Å²) in [6.07, 6.45) is 0.777. The summed E-state index contributed by atoms with van der Waals surface area (Å²) in [4.78, 5) is 10.6. The van der Waals surface area contributed by atoms with E-state index in [4.69, 9.17) is 27.9 Å². The third-order valence-electron chi connectivity index (χ3n) is 2.53. The van der Waals surface area contributed by atoms with Crippen LogP contribution in [0.2, 0.25) is 10.0 Å². The highest BCUT2D eigenvalue weighted by Crippen LogP contribution is 2.29. The van der Waals surface area contributed by atoms with Gasteiger partial charge in [0, 0.05) is 21.2 Å². The van der Waals surface area contributed by atoms with Gasteiger partial charge in [0.1, 0.15) is 18.6 Å². The molecule has 2 nitrogen and oxygen atoms in total. The highest BCUT2D eigenvalue weighted by molar-refractivity contribution is 9.10. The zero-order valence-electron chi connectivity index (χ0n) is 9.70. The summed E-state index contributed by atoms with van der Waals surface area (Å²) in [5, 5.41) is 1.13. The van der Waals surface area contributed by atoms with Crippen molar-refractivity contribution in [3.05, 3.63) is 62.0 Å². The first-order valence-corrected chi connectivity index (χ1v) is 6.97. The molecule has 2 aromatic carbocycles. The first-order valence-electron chi connectivity index (χ1n) is 5.42. The van der Waals surface area contributed by atoms with Gasteiger partial charge in [0.05, 0.1) is 4.47 Å². The lowest BCUT2D eigenvalue weighted by Gasteiger charge is -2.11. The molecule has 0 saturated heterocycles. The number of benzene rings is 2. The van der Waals surface area contributed by atoms with Crippen molar-refractivity contribution in [3.63, 3.8) is 0 Å². The maximum atomic E-state index is 10.6. The maximum Gasteiger partial charge on any atom is 0.150 e. The molecule has 0 radical (unpaired) electrons. The van der Waals surface area contributed by atoms with E-state index in [2.05, 4.69) is 15.9 Å². The SMILES string of the molecule is O=Cc1ccc(OCc2c(Cl)cccc2Cl)c(Br)c1. The maximum absolute atomic E-state index is 10.6. The fourth-order valence-corrected chi connectivity index (χ4v) is 2.55. The van der Waals surface area contributed by atoms with Gasteiger partial charge in [0.25, 0.3) is 0 Å². The van der Waals surface area contributed by atoms with Gasteiger partial charge in [0.2, 0.25) is 0 Å². The normalized spacial score (nSPS) is 10.3. The van der Waals surface area contributed by atoms with Gasteiger partial charge in [-0.2, -0.15) is 0 Å². The molecular formula is C14H9BrCl2O2. The summed E-state index contributed by atoms with van der Waals surface area (Å²) in [5.74, 6) is 0.626. The summed E-state index contributed by atoms with van der Waals surface area (Å²) in [5.41, 5.74) is 1.31. The van der Waals surface area contributed by atoms with Crippen LogP contribution in [0.3, 0.4) is 0 Å². The Balaban J connectivity index is 2.17. The van der Waals surface area contributed by atoms with Crippen LogP contribution in [0.1, 0.15) is 15.9 Å². The number of carbonyl (C=O) groups excluding carboxylic acids is 1. The number of rotatable bonds is 4. The Bertz CT molecular complexity index is 594. The number of aldehydes is 1. The number of carbonyl (C=O) groups is 1. The van der Waals surface area contributed by atoms with E-state index in [9.17, 15) is 4.79 Å². The van der Waals surface area contributed by atoms with Gasteiger partial charge in [-0.3, -0.25) is 4.79 Å². The minimum atomic E-state index is 0.261. The van der Waals surface area contributed by atoms with E-state index in [1.165, 1.54) is 0 Å². The Hall–Kier alpha value is -1.03. The van der Waals surface area contributed by atoms with Crippen LogP contribution in [0.5, 0.6) is 5.75 Å². The molecule has 0 bridgehead atoms. The molecule has 0 amide bonds. The Kier molecular flexibility index (Phi) is 4.86. The average molecular weight is 360 g/mol. The first-order chi connectivity index (χ1) is 9.11. The quantitative estimate of drug-likeness (QED) is 0.706. The molecule has 0 heterocycles. The summed E-state index contributed by atoms with van der Waals surface area (Å²) < 4.78 is 6.36. The van der Waals surface area contributed by atoms with Crippen molar-refractivity contribution in [1.82, 2.24) is 0 Å². The van der Waals surface area contributed by atoms with Crippen LogP contribution >= 0.6 is 39.1 Å². The van der Waals surface area contributed by atoms with E-state index >= 15 is 0 Å². The molecule has 0 fully saturated rings. The lowest BCUT2D eigenvalue weighted by Crippen LogP contribution is -1.98. The lowest BCUT2D eigenvalue weighted by atomic mass is 10.2. The zero-order valence-corrected chi connectivity index (χ0v) is 12.8. The van der Waals surface area contributed by atoms with Crippen molar-refractivity contribution in [2.24, 2.45) is 0 Å². The van der Waals surface area contributed by atoms with Crippen molar-refractivity contribution in [3.8, 4) is 5.75 Å². The van der Waals surface area contributed by atoms with Crippen LogP contribution in [0.4, 0.5) is 0 Å². The third-order valence-corrected chi connectivity index (χ3v) is 3.85. The topological polar surface area (TPSA) is 26.3 Å². The fourth-order valence-electron chi connectivity index (χ4n) is 1.53. The molecule has 0 unspecified atom stereocenters. The Morgan fingerprint density at radius 3 is 2.42 bits per heavy atom. The standard InChI is InChI=1S/C14H9BrCl2O2/c15-11-6-9(7-18)4-5-14(11)19-8-10-12(16)2-1-3-13(10)17/h1-7H,8H2. The molecule has 2 aromatic rings. The van der Waals surface area contributed by atoms with E-state index < -0.39 is 0 Å². The summed E-state index contributed by atoms with van der Waals surface area (Å²) in [6, 6.07) is 10.4.